The number of alkyl halides is 3. The molecule has 1 aliphatic heterocycles. The molecule has 0 unspecified atom stereocenters. The second-order valence-corrected chi connectivity index (χ2v) is 4.36. The van der Waals surface area contributed by atoms with Gasteiger partial charge in [0.05, 0.1) is 0 Å². The van der Waals surface area contributed by atoms with E-state index in [0.717, 1.165) is 20.1 Å². The van der Waals surface area contributed by atoms with E-state index >= 15 is 0 Å². The minimum atomic E-state index is -4.57. The fourth-order valence-electron chi connectivity index (χ4n) is 1.69. The summed E-state index contributed by atoms with van der Waals surface area (Å²) in [6.45, 7) is 2.81. The summed E-state index contributed by atoms with van der Waals surface area (Å²) in [7, 11) is 1.04. The van der Waals surface area contributed by atoms with Crippen LogP contribution in [0, 0.1) is 0 Å². The van der Waals surface area contributed by atoms with Crippen LogP contribution in [-0.4, -0.2) is 63.1 Å². The monoisotopic (exact) mass is 324 g/mol. The third kappa shape index (κ3) is 4.91. The van der Waals surface area contributed by atoms with Crippen molar-refractivity contribution in [2.75, 3.05) is 26.2 Å². The Labute approximate surface area is 123 Å². The predicted molar refractivity (Wildman–Crippen MR) is 67.6 cm³/mol. The average molecular weight is 324 g/mol. The number of aryl methyl sites for hydroxylation is 1. The summed E-state index contributed by atoms with van der Waals surface area (Å²) in [6.07, 6.45) is -5.38. The molecule has 22 heavy (non-hydrogen) atoms. The van der Waals surface area contributed by atoms with Crippen molar-refractivity contribution >= 4 is 12.1 Å². The van der Waals surface area contributed by atoms with Crippen molar-refractivity contribution in [3.8, 4) is 0 Å². The summed E-state index contributed by atoms with van der Waals surface area (Å²) < 4.78 is 36.7. The predicted octanol–water partition coefficient (Wildman–Crippen LogP) is 0.707. The summed E-state index contributed by atoms with van der Waals surface area (Å²) in [5.41, 5.74) is -1.69. The number of carboxylic acids is 1. The molecule has 1 fully saturated rings. The molecule has 8 nitrogen and oxygen atoms in total. The van der Waals surface area contributed by atoms with E-state index in [-0.39, 0.29) is 0 Å². The molecule has 1 aromatic heterocycles. The van der Waals surface area contributed by atoms with Crippen LogP contribution in [0.1, 0.15) is 16.2 Å². The minimum absolute atomic E-state index is 0.488. The van der Waals surface area contributed by atoms with Gasteiger partial charge in [-0.05, 0) is 0 Å². The number of carboxylic acid groups (broad SMARTS) is 2. The van der Waals surface area contributed by atoms with Gasteiger partial charge >= 0.3 is 18.2 Å². The lowest BCUT2D eigenvalue weighted by Gasteiger charge is -2.23. The van der Waals surface area contributed by atoms with E-state index in [4.69, 9.17) is 10.2 Å². The lowest BCUT2D eigenvalue weighted by molar-refractivity contribution is -0.143. The van der Waals surface area contributed by atoms with E-state index in [9.17, 15) is 22.8 Å². The molecular formula is C11H15F3N4O4. The summed E-state index contributed by atoms with van der Waals surface area (Å²) in [5, 5.41) is 23.0. The highest BCUT2D eigenvalue weighted by Crippen LogP contribution is 2.29. The van der Waals surface area contributed by atoms with Crippen LogP contribution in [0.2, 0.25) is 0 Å². The van der Waals surface area contributed by atoms with Gasteiger partial charge in [0, 0.05) is 39.3 Å². The van der Waals surface area contributed by atoms with Gasteiger partial charge in [0.15, 0.2) is 5.69 Å². The highest BCUT2D eigenvalue weighted by Gasteiger charge is 2.35. The molecule has 1 amide bonds. The number of carbonyl (C=O) groups is 2. The lowest BCUT2D eigenvalue weighted by Crippen LogP contribution is -2.45. The van der Waals surface area contributed by atoms with E-state index in [1.807, 2.05) is 0 Å². The summed E-state index contributed by atoms with van der Waals surface area (Å²) in [4.78, 5) is 21.9. The summed E-state index contributed by atoms with van der Waals surface area (Å²) >= 11 is 0. The second-order valence-electron chi connectivity index (χ2n) is 4.36. The van der Waals surface area contributed by atoms with Crippen molar-refractivity contribution in [2.24, 2.45) is 7.05 Å². The number of piperazine rings is 1. The van der Waals surface area contributed by atoms with Crippen molar-refractivity contribution in [3.63, 3.8) is 0 Å². The number of rotatable bonds is 1. The summed E-state index contributed by atoms with van der Waals surface area (Å²) in [6, 6.07) is 0.488. The van der Waals surface area contributed by atoms with Gasteiger partial charge in [-0.2, -0.15) is 18.3 Å². The summed E-state index contributed by atoms with van der Waals surface area (Å²) in [5.74, 6) is -1.48. The van der Waals surface area contributed by atoms with Gasteiger partial charge in [0.2, 0.25) is 0 Å². The lowest BCUT2D eigenvalue weighted by atomic mass is 10.3. The van der Waals surface area contributed by atoms with Crippen LogP contribution in [0.5, 0.6) is 0 Å². The van der Waals surface area contributed by atoms with Crippen molar-refractivity contribution in [2.45, 2.75) is 6.18 Å². The van der Waals surface area contributed by atoms with Gasteiger partial charge in [0.1, 0.15) is 5.69 Å². The Balaban J connectivity index is 0.000000235. The van der Waals surface area contributed by atoms with E-state index in [1.165, 1.54) is 4.90 Å². The number of nitrogens with zero attached hydrogens (tertiary/aromatic N) is 3. The zero-order valence-corrected chi connectivity index (χ0v) is 11.6. The highest BCUT2D eigenvalue weighted by atomic mass is 19.4. The van der Waals surface area contributed by atoms with Gasteiger partial charge in [-0.3, -0.25) is 4.68 Å². The maximum Gasteiger partial charge on any atom is 0.433 e. The van der Waals surface area contributed by atoms with Crippen molar-refractivity contribution in [3.05, 3.63) is 17.5 Å². The smallest absolute Gasteiger partial charge is 0.433 e. The Morgan fingerprint density at radius 3 is 2.09 bits per heavy atom. The minimum Gasteiger partial charge on any atom is -0.476 e. The molecule has 0 atom stereocenters. The Hall–Kier alpha value is -2.30. The topological polar surface area (TPSA) is 108 Å². The van der Waals surface area contributed by atoms with Crippen molar-refractivity contribution < 1.29 is 33.0 Å². The Bertz CT molecular complexity index is 538. The van der Waals surface area contributed by atoms with Crippen LogP contribution in [0.15, 0.2) is 6.07 Å². The molecule has 3 N–H and O–H groups in total. The Morgan fingerprint density at radius 1 is 1.27 bits per heavy atom. The third-order valence-corrected chi connectivity index (χ3v) is 2.78. The first-order valence-corrected chi connectivity index (χ1v) is 6.16. The first kappa shape index (κ1) is 17.8. The number of hydrogen-bond donors (Lipinski definition) is 3. The van der Waals surface area contributed by atoms with Crippen LogP contribution in [0.4, 0.5) is 18.0 Å². The molecule has 11 heteroatoms. The molecule has 1 saturated heterocycles. The maximum absolute atomic E-state index is 12.1. The number of amides is 1. The SMILES string of the molecule is Cn1nc(C(=O)O)cc1C(F)(F)F.O=C(O)N1CCNCC1. The molecule has 0 aromatic carbocycles. The quantitative estimate of drug-likeness (QED) is 0.702. The molecule has 2 heterocycles. The Morgan fingerprint density at radius 2 is 1.82 bits per heavy atom. The number of aromatic carboxylic acids is 1. The molecule has 0 bridgehead atoms. The fourth-order valence-corrected chi connectivity index (χ4v) is 1.69. The Kier molecular flexibility index (Phi) is 5.74. The molecule has 124 valence electrons. The van der Waals surface area contributed by atoms with E-state index in [0.29, 0.717) is 23.8 Å². The van der Waals surface area contributed by atoms with E-state index in [2.05, 4.69) is 10.4 Å². The molecule has 1 aliphatic rings. The van der Waals surface area contributed by atoms with Gasteiger partial charge in [0.25, 0.3) is 0 Å². The number of halogens is 3. The molecular weight excluding hydrogens is 309 g/mol. The van der Waals surface area contributed by atoms with Crippen molar-refractivity contribution in [1.82, 2.24) is 20.0 Å². The van der Waals surface area contributed by atoms with E-state index < -0.39 is 29.6 Å². The molecule has 0 spiro atoms. The zero-order chi connectivity index (χ0) is 16.9. The number of hydrogen-bond acceptors (Lipinski definition) is 4. The zero-order valence-electron chi connectivity index (χ0n) is 11.6. The second kappa shape index (κ2) is 7.11. The molecule has 0 saturated carbocycles. The molecule has 0 aliphatic carbocycles. The molecule has 0 radical (unpaired) electrons. The van der Waals surface area contributed by atoms with Crippen LogP contribution >= 0.6 is 0 Å². The van der Waals surface area contributed by atoms with Crippen LogP contribution < -0.4 is 5.32 Å². The van der Waals surface area contributed by atoms with Gasteiger partial charge < -0.3 is 20.4 Å². The third-order valence-electron chi connectivity index (χ3n) is 2.78. The van der Waals surface area contributed by atoms with Crippen molar-refractivity contribution in [1.29, 1.82) is 0 Å². The largest absolute Gasteiger partial charge is 0.476 e. The highest BCUT2D eigenvalue weighted by molar-refractivity contribution is 5.85. The number of aromatic nitrogens is 2. The molecule has 1 aromatic rings. The molecule has 2 rings (SSSR count). The fraction of sp³-hybridized carbons (Fsp3) is 0.545. The van der Waals surface area contributed by atoms with Gasteiger partial charge in [-0.25, -0.2) is 9.59 Å². The first-order chi connectivity index (χ1) is 10.1. The maximum atomic E-state index is 12.1. The van der Waals surface area contributed by atoms with Crippen LogP contribution in [-0.2, 0) is 13.2 Å². The standard InChI is InChI=1S/C6H5F3N2O2.C5H10N2O2/c1-11-4(6(7,8)9)2-3(10-11)5(12)13;8-5(9)7-3-1-6-2-4-7/h2H,1H3,(H,12,13);6H,1-4H2,(H,8,9). The first-order valence-electron chi connectivity index (χ1n) is 6.16. The normalized spacial score (nSPS) is 15.0. The van der Waals surface area contributed by atoms with E-state index in [1.54, 1.807) is 0 Å². The van der Waals surface area contributed by atoms with Gasteiger partial charge in [-0.1, -0.05) is 0 Å². The number of nitrogens with one attached hydrogen (secondary N) is 1. The average Bonchev–Trinajstić information content (AvgIpc) is 2.83. The van der Waals surface area contributed by atoms with Gasteiger partial charge in [-0.15, -0.1) is 0 Å². The van der Waals surface area contributed by atoms with Crippen LogP contribution in [0.25, 0.3) is 0 Å². The van der Waals surface area contributed by atoms with Crippen LogP contribution in [0.3, 0.4) is 0 Å².